The summed E-state index contributed by atoms with van der Waals surface area (Å²) in [5.41, 5.74) is 1.38. The molecule has 0 bridgehead atoms. The molecule has 2 heterocycles. The van der Waals surface area contributed by atoms with E-state index in [1.54, 1.807) is 60.1 Å². The molecule has 1 amide bonds. The van der Waals surface area contributed by atoms with E-state index in [0.29, 0.717) is 32.2 Å². The first-order chi connectivity index (χ1) is 17.1. The van der Waals surface area contributed by atoms with Gasteiger partial charge in [-0.05, 0) is 47.5 Å². The standard InChI is InChI=1S/C25H16BrF3N4O3/c1-33-20-10-13(16-4-2-3-5-18(16)25(27,28)29)6-7-14(20)11-21(33)23(34)30-19-9-8-15(26)12-17(19)22-31-24(35)36-32-22/h2-12H,1H3,(H,30,34)(H,31,32,35). The predicted octanol–water partition coefficient (Wildman–Crippen LogP) is 6.22. The highest BCUT2D eigenvalue weighted by atomic mass is 79.9. The number of carbonyl (C=O) groups is 1. The van der Waals surface area contributed by atoms with E-state index in [9.17, 15) is 22.8 Å². The SMILES string of the molecule is Cn1c(C(=O)Nc2ccc(Br)cc2-c2noc(=O)[nH]2)cc2ccc(-c3ccccc3C(F)(F)F)cc21. The summed E-state index contributed by atoms with van der Waals surface area (Å²) >= 11 is 3.35. The molecule has 3 aromatic carbocycles. The van der Waals surface area contributed by atoms with Crippen LogP contribution in [0.1, 0.15) is 16.1 Å². The first-order valence-electron chi connectivity index (χ1n) is 10.5. The van der Waals surface area contributed by atoms with Crippen LogP contribution in [0.4, 0.5) is 18.9 Å². The van der Waals surface area contributed by atoms with Crippen LogP contribution in [0.5, 0.6) is 0 Å². The third kappa shape index (κ3) is 4.33. The predicted molar refractivity (Wildman–Crippen MR) is 132 cm³/mol. The molecule has 5 aromatic rings. The fraction of sp³-hybridized carbons (Fsp3) is 0.0800. The number of fused-ring (bicyclic) bond motifs is 1. The number of halogens is 4. The molecule has 5 rings (SSSR count). The van der Waals surface area contributed by atoms with E-state index in [4.69, 9.17) is 0 Å². The van der Waals surface area contributed by atoms with Crippen molar-refractivity contribution < 1.29 is 22.5 Å². The highest BCUT2D eigenvalue weighted by Crippen LogP contribution is 2.38. The van der Waals surface area contributed by atoms with Gasteiger partial charge >= 0.3 is 11.9 Å². The molecule has 36 heavy (non-hydrogen) atoms. The number of rotatable bonds is 4. The molecule has 0 unspecified atom stereocenters. The maximum Gasteiger partial charge on any atom is 0.439 e. The number of alkyl halides is 3. The van der Waals surface area contributed by atoms with Crippen LogP contribution >= 0.6 is 15.9 Å². The monoisotopic (exact) mass is 556 g/mol. The van der Waals surface area contributed by atoms with Gasteiger partial charge in [-0.25, -0.2) is 4.79 Å². The molecule has 2 N–H and O–H groups in total. The van der Waals surface area contributed by atoms with Crippen molar-refractivity contribution in [3.8, 4) is 22.5 Å². The number of nitrogens with zero attached hydrogens (tertiary/aromatic N) is 2. The summed E-state index contributed by atoms with van der Waals surface area (Å²) in [6.07, 6.45) is -4.50. The summed E-state index contributed by atoms with van der Waals surface area (Å²) in [6, 6.07) is 16.9. The number of aryl methyl sites for hydroxylation is 1. The summed E-state index contributed by atoms with van der Waals surface area (Å²) in [5, 5.41) is 7.18. The zero-order valence-electron chi connectivity index (χ0n) is 18.5. The number of carbonyl (C=O) groups excluding carboxylic acids is 1. The van der Waals surface area contributed by atoms with Crippen molar-refractivity contribution in [1.82, 2.24) is 14.7 Å². The van der Waals surface area contributed by atoms with Crippen LogP contribution in [0.25, 0.3) is 33.4 Å². The smallest absolute Gasteiger partial charge is 0.340 e. The van der Waals surface area contributed by atoms with Gasteiger partial charge in [0.05, 0.1) is 11.3 Å². The van der Waals surface area contributed by atoms with Gasteiger partial charge in [0, 0.05) is 28.0 Å². The average molecular weight is 557 g/mol. The number of nitrogens with one attached hydrogen (secondary N) is 2. The molecule has 0 fully saturated rings. The number of aromatic nitrogens is 3. The molecule has 0 saturated heterocycles. The number of hydrogen-bond donors (Lipinski definition) is 2. The van der Waals surface area contributed by atoms with Gasteiger partial charge in [0.1, 0.15) is 5.69 Å². The lowest BCUT2D eigenvalue weighted by Crippen LogP contribution is -2.16. The Balaban J connectivity index is 1.52. The minimum atomic E-state index is -4.50. The quantitative estimate of drug-likeness (QED) is 0.274. The lowest BCUT2D eigenvalue weighted by atomic mass is 9.98. The number of benzene rings is 3. The summed E-state index contributed by atoms with van der Waals surface area (Å²) in [7, 11) is 1.66. The minimum absolute atomic E-state index is 0.0558. The van der Waals surface area contributed by atoms with Crippen LogP contribution < -0.4 is 11.1 Å². The number of aromatic amines is 1. The van der Waals surface area contributed by atoms with Gasteiger partial charge in [0.15, 0.2) is 5.82 Å². The fourth-order valence-corrected chi connectivity index (χ4v) is 4.41. The largest absolute Gasteiger partial charge is 0.439 e. The van der Waals surface area contributed by atoms with Crippen LogP contribution in [0.15, 0.2) is 80.5 Å². The Morgan fingerprint density at radius 2 is 1.83 bits per heavy atom. The molecular weight excluding hydrogens is 541 g/mol. The van der Waals surface area contributed by atoms with E-state index in [1.807, 2.05) is 0 Å². The first-order valence-corrected chi connectivity index (χ1v) is 11.3. The summed E-state index contributed by atoms with van der Waals surface area (Å²) in [5.74, 6) is -1.05. The molecule has 2 aromatic heterocycles. The second kappa shape index (κ2) is 8.83. The molecule has 0 spiro atoms. The summed E-state index contributed by atoms with van der Waals surface area (Å²) in [6.45, 7) is 0. The van der Waals surface area contributed by atoms with Gasteiger partial charge in [0.25, 0.3) is 5.91 Å². The van der Waals surface area contributed by atoms with E-state index in [1.165, 1.54) is 12.1 Å². The van der Waals surface area contributed by atoms with Gasteiger partial charge < -0.3 is 9.88 Å². The second-order valence-corrected chi connectivity index (χ2v) is 8.91. The van der Waals surface area contributed by atoms with Gasteiger partial charge in [-0.15, -0.1) is 0 Å². The van der Waals surface area contributed by atoms with E-state index >= 15 is 0 Å². The molecule has 0 radical (unpaired) electrons. The van der Waals surface area contributed by atoms with Crippen molar-refractivity contribution >= 4 is 38.4 Å². The molecule has 0 saturated carbocycles. The molecule has 7 nitrogen and oxygen atoms in total. The molecule has 11 heteroatoms. The zero-order valence-corrected chi connectivity index (χ0v) is 20.1. The second-order valence-electron chi connectivity index (χ2n) is 7.99. The lowest BCUT2D eigenvalue weighted by molar-refractivity contribution is -0.137. The first kappa shape index (κ1) is 23.6. The van der Waals surface area contributed by atoms with Crippen molar-refractivity contribution in [2.45, 2.75) is 6.18 Å². The molecule has 0 aliphatic heterocycles. The topological polar surface area (TPSA) is 92.9 Å². The van der Waals surface area contributed by atoms with Gasteiger partial charge in [-0.3, -0.25) is 14.3 Å². The van der Waals surface area contributed by atoms with E-state index in [-0.39, 0.29) is 17.1 Å². The number of amides is 1. The highest BCUT2D eigenvalue weighted by Gasteiger charge is 2.33. The Morgan fingerprint density at radius 1 is 1.06 bits per heavy atom. The molecular formula is C25H16BrF3N4O3. The maximum atomic E-state index is 13.5. The molecule has 0 aliphatic carbocycles. The normalized spacial score (nSPS) is 11.7. The highest BCUT2D eigenvalue weighted by molar-refractivity contribution is 9.10. The summed E-state index contributed by atoms with van der Waals surface area (Å²) in [4.78, 5) is 27.1. The Kier molecular flexibility index (Phi) is 5.79. The van der Waals surface area contributed by atoms with E-state index in [0.717, 1.165) is 6.07 Å². The van der Waals surface area contributed by atoms with Gasteiger partial charge in [-0.1, -0.05) is 51.4 Å². The van der Waals surface area contributed by atoms with Crippen molar-refractivity contribution in [2.75, 3.05) is 5.32 Å². The Hall–Kier alpha value is -4.12. The maximum absolute atomic E-state index is 13.5. The van der Waals surface area contributed by atoms with Gasteiger partial charge in [-0.2, -0.15) is 13.2 Å². The van der Waals surface area contributed by atoms with Crippen LogP contribution in [-0.2, 0) is 13.2 Å². The third-order valence-corrected chi connectivity index (χ3v) is 6.24. The van der Waals surface area contributed by atoms with Gasteiger partial charge in [0.2, 0.25) is 0 Å². The molecule has 0 atom stereocenters. The Morgan fingerprint density at radius 3 is 2.56 bits per heavy atom. The molecule has 182 valence electrons. The van der Waals surface area contributed by atoms with Crippen molar-refractivity contribution in [3.63, 3.8) is 0 Å². The van der Waals surface area contributed by atoms with Crippen molar-refractivity contribution in [2.24, 2.45) is 7.05 Å². The van der Waals surface area contributed by atoms with Crippen molar-refractivity contribution in [3.05, 3.63) is 93.0 Å². The number of anilines is 1. The minimum Gasteiger partial charge on any atom is -0.340 e. The number of H-pyrrole nitrogens is 1. The lowest BCUT2D eigenvalue weighted by Gasteiger charge is -2.13. The zero-order chi connectivity index (χ0) is 25.6. The summed E-state index contributed by atoms with van der Waals surface area (Å²) < 4.78 is 47.5. The van der Waals surface area contributed by atoms with Crippen LogP contribution in [0.3, 0.4) is 0 Å². The fourth-order valence-electron chi connectivity index (χ4n) is 4.05. The van der Waals surface area contributed by atoms with E-state index in [2.05, 4.69) is 35.9 Å². The van der Waals surface area contributed by atoms with Crippen LogP contribution in [0.2, 0.25) is 0 Å². The Bertz CT molecular complexity index is 1680. The average Bonchev–Trinajstić information content (AvgIpc) is 3.42. The van der Waals surface area contributed by atoms with Crippen molar-refractivity contribution in [1.29, 1.82) is 0 Å². The van der Waals surface area contributed by atoms with Crippen LogP contribution in [0, 0.1) is 0 Å². The Labute approximate surface area is 209 Å². The third-order valence-electron chi connectivity index (χ3n) is 5.75. The molecule has 0 aliphatic rings. The van der Waals surface area contributed by atoms with Crippen LogP contribution in [-0.4, -0.2) is 20.6 Å². The van der Waals surface area contributed by atoms with E-state index < -0.39 is 23.4 Å². The number of hydrogen-bond acceptors (Lipinski definition) is 4.